The number of ether oxygens (including phenoxy) is 7. The summed E-state index contributed by atoms with van der Waals surface area (Å²) in [5.74, 6) is 3.89. The molecule has 1 aliphatic heterocycles. The van der Waals surface area contributed by atoms with Gasteiger partial charge in [0.25, 0.3) is 0 Å². The summed E-state index contributed by atoms with van der Waals surface area (Å²) in [5, 5.41) is 23.1. The molecular formula is C81H96N18O8. The van der Waals surface area contributed by atoms with Gasteiger partial charge in [0, 0.05) is 196 Å². The lowest BCUT2D eigenvalue weighted by Gasteiger charge is -2.28. The zero-order valence-corrected chi connectivity index (χ0v) is 62.8. The van der Waals surface area contributed by atoms with Crippen molar-refractivity contribution >= 4 is 73.1 Å². The van der Waals surface area contributed by atoms with Crippen LogP contribution in [0.25, 0.3) is 66.9 Å². The maximum Gasteiger partial charge on any atom is 0.223 e. The van der Waals surface area contributed by atoms with Crippen molar-refractivity contribution in [2.45, 2.75) is 85.0 Å². The number of nitrogens with zero attached hydrogens (tertiary/aromatic N) is 15. The van der Waals surface area contributed by atoms with E-state index in [4.69, 9.17) is 52.2 Å². The molecule has 26 heteroatoms. The zero-order chi connectivity index (χ0) is 77.6. The molecule has 1 atom stereocenters. The number of nitrogens with one attached hydrogen (secondary N) is 3. The molecule has 0 radical (unpaired) electrons. The fourth-order valence-corrected chi connectivity index (χ4v) is 12.6. The predicted octanol–water partition coefficient (Wildman–Crippen LogP) is 13.5. The molecule has 1 saturated heterocycles. The largest absolute Gasteiger partial charge is 0.497 e. The number of aromatic nitrogens is 12. The average molecular weight is 1450 g/mol. The van der Waals surface area contributed by atoms with Gasteiger partial charge < -0.3 is 63.8 Å². The lowest BCUT2D eigenvalue weighted by molar-refractivity contribution is -0.122. The Morgan fingerprint density at radius 3 is 1.38 bits per heavy atom. The molecule has 1 unspecified atom stereocenters. The monoisotopic (exact) mass is 1450 g/mol. The molecule has 107 heavy (non-hydrogen) atoms. The van der Waals surface area contributed by atoms with Crippen LogP contribution < -0.4 is 59.1 Å². The van der Waals surface area contributed by atoms with Gasteiger partial charge in [-0.25, -0.2) is 19.6 Å². The van der Waals surface area contributed by atoms with Crippen LogP contribution in [0.3, 0.4) is 0 Å². The smallest absolute Gasteiger partial charge is 0.223 e. The first-order chi connectivity index (χ1) is 53.1. The molecule has 1 aliphatic carbocycles. The van der Waals surface area contributed by atoms with Crippen LogP contribution in [-0.4, -0.2) is 166 Å². The molecule has 1 amide bonds. The zero-order valence-electron chi connectivity index (χ0n) is 65.8. The minimum Gasteiger partial charge on any atom is -0.497 e. The number of methoxy groups -OCH3 is 6. The third-order valence-electron chi connectivity index (χ3n) is 18.5. The van der Waals surface area contributed by atoms with Crippen LogP contribution >= 0.6 is 0 Å². The van der Waals surface area contributed by atoms with Gasteiger partial charge in [-0.15, -0.1) is 0 Å². The molecule has 558 valence electrons. The van der Waals surface area contributed by atoms with Crippen molar-refractivity contribution in [2.75, 3.05) is 103 Å². The summed E-state index contributed by atoms with van der Waals surface area (Å²) in [6.07, 6.45) is 21.6. The van der Waals surface area contributed by atoms with Crippen molar-refractivity contribution in [3.8, 4) is 68.3 Å². The molecule has 6 aromatic heterocycles. The Hall–Kier alpha value is -11.5. The number of anilines is 6. The summed E-state index contributed by atoms with van der Waals surface area (Å²) in [7, 11) is 9.33. The molecule has 2 aliphatic rings. The van der Waals surface area contributed by atoms with Crippen molar-refractivity contribution in [3.05, 3.63) is 164 Å². The molecule has 2 fully saturated rings. The van der Waals surface area contributed by atoms with Gasteiger partial charge in [0.05, 0.1) is 140 Å². The van der Waals surface area contributed by atoms with Crippen LogP contribution in [0, 0.1) is 12.8 Å². The van der Waals surface area contributed by atoms with E-state index in [0.29, 0.717) is 55.5 Å². The third kappa shape index (κ3) is 19.0. The molecule has 14 rings (SSSR count). The summed E-state index contributed by atoms with van der Waals surface area (Å²) < 4.78 is 66.8. The predicted molar refractivity (Wildman–Crippen MR) is 419 cm³/mol. The number of benzene rings is 6. The lowest BCUT2D eigenvalue weighted by atomic mass is 10.1. The second-order valence-electron chi connectivity index (χ2n) is 26.9. The maximum atomic E-state index is 12.2. The normalized spacial score (nSPS) is 13.9. The summed E-state index contributed by atoms with van der Waals surface area (Å²) in [4.78, 5) is 47.2. The Labute approximate surface area is 628 Å². The van der Waals surface area contributed by atoms with Crippen LogP contribution in [-0.2, 0) is 23.6 Å². The standard InChI is InChI=1S/C29H36N6O3.C26H28N6O3.C26H32N6O2/c1-20(2)30-10-11-34(23-13-24(36-3)16-25(14-23)37-4)22-8-9-26-27(15-22)33-28(18-31-26)21-17-32-35(19-21)29-7-5-6-12-38-29;1-31-16-18(14-29-31)25-15-28-23-7-6-19(12-24(23)30-25)32(9-8-27-26(33)17-4-5-17)20-10-21(34-2)13-22(11-20)35-3;1-17(2)27-9-10-32(25-12-21(33-5)13-26(34-6)18(25)3)20-7-8-22-23(11-20)30-24(15-28-22)19-14-29-31(4)16-19/h8-9,13-20,29-30H,5-7,10-12H2,1-4H3;6-7,10-17H,4-5,8-9H2,1-3H3,(H,27,33);7-8,11-17,27H,9-10H2,1-6H3/i3D3;;. The first kappa shape index (κ1) is 71.1. The van der Waals surface area contributed by atoms with E-state index >= 15 is 0 Å². The summed E-state index contributed by atoms with van der Waals surface area (Å²) >= 11 is 0. The van der Waals surface area contributed by atoms with E-state index in [1.165, 1.54) is 0 Å². The van der Waals surface area contributed by atoms with Gasteiger partial charge in [-0.3, -0.25) is 29.1 Å². The van der Waals surface area contributed by atoms with Gasteiger partial charge >= 0.3 is 0 Å². The number of hydrogen-bond donors (Lipinski definition) is 3. The second kappa shape index (κ2) is 35.1. The topological polar surface area (TPSA) is 258 Å². The second-order valence-corrected chi connectivity index (χ2v) is 26.9. The Morgan fingerprint density at radius 2 is 0.953 bits per heavy atom. The Bertz CT molecular complexity index is 5100. The SMILES string of the molecule is COc1cc(OC)c(C)c(N(CCNC(C)C)c2ccc3ncc(-c4cnn(C)c4)nc3c2)c1.COc1cc(OC)cc(N(CCNC(=O)C2CC2)c2ccc3ncc(-c4cnn(C)c4)nc3c2)c1.[2H]C([2H])([2H])Oc1cc(OC)cc(N(CCNC(C)C)c2ccc3ncc(-c4cnn(C5CCCCO5)c4)nc3c2)c1. The maximum absolute atomic E-state index is 12.2. The van der Waals surface area contributed by atoms with E-state index in [2.05, 4.69) is 114 Å². The highest BCUT2D eigenvalue weighted by Crippen LogP contribution is 2.40. The highest BCUT2D eigenvalue weighted by Gasteiger charge is 2.30. The van der Waals surface area contributed by atoms with Crippen molar-refractivity contribution in [1.29, 1.82) is 0 Å². The van der Waals surface area contributed by atoms with Crippen molar-refractivity contribution in [3.63, 3.8) is 0 Å². The minimum atomic E-state index is -2.58. The van der Waals surface area contributed by atoms with Crippen LogP contribution in [0.15, 0.2) is 159 Å². The first-order valence-corrected chi connectivity index (χ1v) is 36.0. The fraction of sp³-hybridized carbons (Fsp3) is 0.358. The number of carbonyl (C=O) groups excluding carboxylic acids is 1. The van der Waals surface area contributed by atoms with Gasteiger partial charge in [-0.05, 0) is 93.6 Å². The highest BCUT2D eigenvalue weighted by molar-refractivity contribution is 5.86. The highest BCUT2D eigenvalue weighted by atomic mass is 16.5. The number of aryl methyl sites for hydroxylation is 2. The van der Waals surface area contributed by atoms with E-state index in [1.807, 2.05) is 110 Å². The molecule has 1 saturated carbocycles. The van der Waals surface area contributed by atoms with Crippen molar-refractivity contribution < 1.29 is 42.1 Å². The summed E-state index contributed by atoms with van der Waals surface area (Å²) in [5.41, 5.74) is 16.2. The Kier molecular flexibility index (Phi) is 23.3. The Balaban J connectivity index is 0.000000154. The van der Waals surface area contributed by atoms with Crippen molar-refractivity contribution in [2.24, 2.45) is 20.0 Å². The van der Waals surface area contributed by atoms with Gasteiger partial charge in [0.15, 0.2) is 0 Å². The van der Waals surface area contributed by atoms with Crippen molar-refractivity contribution in [1.82, 2.24) is 75.2 Å². The molecule has 3 N–H and O–H groups in total. The van der Waals surface area contributed by atoms with E-state index in [9.17, 15) is 4.79 Å². The molecule has 0 bridgehead atoms. The van der Waals surface area contributed by atoms with Gasteiger partial charge in [0.1, 0.15) is 40.7 Å². The van der Waals surface area contributed by atoms with Crippen LogP contribution in [0.1, 0.15) is 75.7 Å². The van der Waals surface area contributed by atoms with Crippen LogP contribution in [0.5, 0.6) is 34.5 Å². The Morgan fingerprint density at radius 1 is 0.505 bits per heavy atom. The van der Waals surface area contributed by atoms with Gasteiger partial charge in [-0.2, -0.15) is 15.3 Å². The molecule has 12 aromatic rings. The van der Waals surface area contributed by atoms with E-state index in [1.54, 1.807) is 94.2 Å². The van der Waals surface area contributed by atoms with E-state index < -0.39 is 7.04 Å². The van der Waals surface area contributed by atoms with E-state index in [-0.39, 0.29) is 23.8 Å². The van der Waals surface area contributed by atoms with Gasteiger partial charge in [-0.1, -0.05) is 27.7 Å². The molecule has 6 aromatic carbocycles. The number of hydrogen-bond acceptors (Lipinski definition) is 22. The quantitative estimate of drug-likeness (QED) is 0.0412. The molecular weight excluding hydrogens is 1350 g/mol. The summed E-state index contributed by atoms with van der Waals surface area (Å²) in [6.45, 7) is 15.2. The number of fused-ring (bicyclic) bond motifs is 3. The number of amides is 1. The van der Waals surface area contributed by atoms with Crippen LogP contribution in [0.4, 0.5) is 34.1 Å². The number of rotatable bonds is 28. The lowest BCUT2D eigenvalue weighted by Crippen LogP contribution is -2.33. The fourth-order valence-electron chi connectivity index (χ4n) is 12.6. The molecule has 0 spiro atoms. The molecule has 26 nitrogen and oxygen atoms in total. The van der Waals surface area contributed by atoms with Gasteiger partial charge in [0.2, 0.25) is 5.91 Å². The van der Waals surface area contributed by atoms with Crippen LogP contribution in [0.2, 0.25) is 0 Å². The van der Waals surface area contributed by atoms with E-state index in [0.717, 1.165) is 170 Å². The molecule has 7 heterocycles. The minimum absolute atomic E-state index is 0.0485. The average Bonchev–Trinajstić information content (AvgIpc) is 1.30. The number of carbonyl (C=O) groups is 1. The first-order valence-electron chi connectivity index (χ1n) is 37.5. The summed E-state index contributed by atoms with van der Waals surface area (Å²) in [6, 6.07) is 33.6. The third-order valence-corrected chi connectivity index (χ3v) is 18.5.